The maximum absolute atomic E-state index is 13.5. The Morgan fingerprint density at radius 3 is 2.79 bits per heavy atom. The van der Waals surface area contributed by atoms with E-state index in [9.17, 15) is 13.2 Å². The van der Waals surface area contributed by atoms with E-state index in [1.807, 2.05) is 41.8 Å². The lowest BCUT2D eigenvalue weighted by Crippen LogP contribution is -2.44. The molecule has 3 heterocycles. The van der Waals surface area contributed by atoms with Gasteiger partial charge in [-0.2, -0.15) is 0 Å². The number of benzene rings is 2. The summed E-state index contributed by atoms with van der Waals surface area (Å²) in [6.07, 6.45) is 1.93. The van der Waals surface area contributed by atoms with Crippen LogP contribution in [0.15, 0.2) is 64.9 Å². The Labute approximate surface area is 201 Å². The highest BCUT2D eigenvalue weighted by atomic mass is 35.5. The van der Waals surface area contributed by atoms with Crippen LogP contribution in [-0.4, -0.2) is 27.0 Å². The topological polar surface area (TPSA) is 90.5 Å². The molecule has 172 valence electrons. The van der Waals surface area contributed by atoms with Gasteiger partial charge in [0.1, 0.15) is 0 Å². The number of halogens is 1. The molecule has 2 aliphatic heterocycles. The summed E-state index contributed by atoms with van der Waals surface area (Å²) in [6, 6.07) is 15.9. The quantitative estimate of drug-likeness (QED) is 0.493. The largest absolute Gasteiger partial charge is 0.335 e. The number of aryl methyl sites for hydroxylation is 1. The zero-order valence-electron chi connectivity index (χ0n) is 17.6. The van der Waals surface area contributed by atoms with Gasteiger partial charge in [-0.1, -0.05) is 35.9 Å². The fourth-order valence-corrected chi connectivity index (χ4v) is 6.84. The SMILES string of the molecule is O=C(NC1CC(c2cccs2)NN1)c1cc(S(=O)(=O)N2CCCc3ccccc32)ccc1Cl. The van der Waals surface area contributed by atoms with Crippen molar-refractivity contribution in [3.05, 3.63) is 81.0 Å². The number of thiophene rings is 1. The van der Waals surface area contributed by atoms with E-state index in [1.165, 1.54) is 27.4 Å². The second-order valence-corrected chi connectivity index (χ2v) is 11.3. The first-order chi connectivity index (χ1) is 15.9. The van der Waals surface area contributed by atoms with Crippen LogP contribution in [0.2, 0.25) is 5.02 Å². The Hall–Kier alpha value is -2.43. The van der Waals surface area contributed by atoms with Crippen molar-refractivity contribution in [2.45, 2.75) is 36.4 Å². The van der Waals surface area contributed by atoms with Gasteiger partial charge in [0.05, 0.1) is 33.4 Å². The highest BCUT2D eigenvalue weighted by Crippen LogP contribution is 2.33. The number of carbonyl (C=O) groups is 1. The third-order valence-electron chi connectivity index (χ3n) is 5.93. The molecule has 10 heteroatoms. The average molecular weight is 503 g/mol. The molecule has 2 aliphatic rings. The van der Waals surface area contributed by atoms with Gasteiger partial charge < -0.3 is 5.32 Å². The number of hydrogen-bond acceptors (Lipinski definition) is 6. The van der Waals surface area contributed by atoms with Crippen molar-refractivity contribution < 1.29 is 13.2 Å². The number of nitrogens with zero attached hydrogens (tertiary/aromatic N) is 1. The highest BCUT2D eigenvalue weighted by molar-refractivity contribution is 7.92. The predicted octanol–water partition coefficient (Wildman–Crippen LogP) is 3.84. The Morgan fingerprint density at radius 1 is 1.12 bits per heavy atom. The standard InChI is InChI=1S/C23H23ClN4O3S2/c24-18-10-9-16(33(30,31)28-11-3-6-15-5-1-2-7-20(15)28)13-17(18)23(29)25-22-14-19(26-27-22)21-8-4-12-32-21/h1-2,4-5,7-10,12-13,19,22,26-27H,3,6,11,14H2,(H,25,29). The molecule has 2 aromatic carbocycles. The predicted molar refractivity (Wildman–Crippen MR) is 130 cm³/mol. The van der Waals surface area contributed by atoms with E-state index >= 15 is 0 Å². The molecule has 1 aromatic heterocycles. The van der Waals surface area contributed by atoms with Gasteiger partial charge in [0, 0.05) is 17.8 Å². The number of nitrogens with one attached hydrogen (secondary N) is 3. The molecule has 1 saturated heterocycles. The number of sulfonamides is 1. The normalized spacial score (nSPS) is 20.5. The summed E-state index contributed by atoms with van der Waals surface area (Å²) in [5.41, 5.74) is 8.07. The van der Waals surface area contributed by atoms with E-state index in [0.717, 1.165) is 18.4 Å². The number of fused-ring (bicyclic) bond motifs is 1. The van der Waals surface area contributed by atoms with Gasteiger partial charge in [0.15, 0.2) is 0 Å². The van der Waals surface area contributed by atoms with Crippen molar-refractivity contribution in [2.75, 3.05) is 10.8 Å². The van der Waals surface area contributed by atoms with Crippen LogP contribution in [0.3, 0.4) is 0 Å². The molecule has 0 spiro atoms. The van der Waals surface area contributed by atoms with Crippen LogP contribution in [0.1, 0.15) is 39.7 Å². The summed E-state index contributed by atoms with van der Waals surface area (Å²) in [4.78, 5) is 14.2. The molecule has 5 rings (SSSR count). The molecule has 0 saturated carbocycles. The first-order valence-electron chi connectivity index (χ1n) is 10.7. The Balaban J connectivity index is 1.37. The fourth-order valence-electron chi connectivity index (χ4n) is 4.28. The number of carbonyl (C=O) groups excluding carboxylic acids is 1. The van der Waals surface area contributed by atoms with E-state index < -0.39 is 15.9 Å². The van der Waals surface area contributed by atoms with Gasteiger partial charge >= 0.3 is 0 Å². The van der Waals surface area contributed by atoms with E-state index in [2.05, 4.69) is 16.2 Å². The van der Waals surface area contributed by atoms with E-state index in [4.69, 9.17) is 11.6 Å². The van der Waals surface area contributed by atoms with Crippen LogP contribution in [0.5, 0.6) is 0 Å². The molecule has 1 amide bonds. The molecule has 3 aromatic rings. The summed E-state index contributed by atoms with van der Waals surface area (Å²) < 4.78 is 28.4. The van der Waals surface area contributed by atoms with Crippen molar-refractivity contribution in [3.8, 4) is 0 Å². The van der Waals surface area contributed by atoms with Gasteiger partial charge in [-0.15, -0.1) is 11.3 Å². The molecule has 0 bridgehead atoms. The lowest BCUT2D eigenvalue weighted by atomic mass is 10.0. The molecular formula is C23H23ClN4O3S2. The van der Waals surface area contributed by atoms with Gasteiger partial charge in [-0.05, 0) is 54.1 Å². The summed E-state index contributed by atoms with van der Waals surface area (Å²) in [6.45, 7) is 0.394. The van der Waals surface area contributed by atoms with Gasteiger partial charge in [0.25, 0.3) is 15.9 Å². The monoisotopic (exact) mass is 502 g/mol. The summed E-state index contributed by atoms with van der Waals surface area (Å²) in [7, 11) is -3.85. The molecule has 3 N–H and O–H groups in total. The van der Waals surface area contributed by atoms with Crippen molar-refractivity contribution in [2.24, 2.45) is 0 Å². The number of anilines is 1. The number of amides is 1. The minimum absolute atomic E-state index is 0.0442. The smallest absolute Gasteiger partial charge is 0.264 e. The van der Waals surface area contributed by atoms with Crippen molar-refractivity contribution in [3.63, 3.8) is 0 Å². The number of hydrogen-bond donors (Lipinski definition) is 3. The summed E-state index contributed by atoms with van der Waals surface area (Å²) in [5, 5.41) is 5.11. The number of hydrazine groups is 1. The van der Waals surface area contributed by atoms with Gasteiger partial charge in [0.2, 0.25) is 0 Å². The minimum atomic E-state index is -3.85. The maximum Gasteiger partial charge on any atom is 0.264 e. The third-order valence-corrected chi connectivity index (χ3v) is 9.06. The Bertz CT molecular complexity index is 1280. The summed E-state index contributed by atoms with van der Waals surface area (Å²) in [5.74, 6) is -0.428. The number of para-hydroxylation sites is 1. The zero-order chi connectivity index (χ0) is 23.0. The summed E-state index contributed by atoms with van der Waals surface area (Å²) >= 11 is 7.95. The first kappa shape index (κ1) is 22.4. The second kappa shape index (κ2) is 9.08. The first-order valence-corrected chi connectivity index (χ1v) is 13.4. The van der Waals surface area contributed by atoms with Crippen molar-refractivity contribution in [1.82, 2.24) is 16.2 Å². The Kier molecular flexibility index (Phi) is 6.15. The number of rotatable bonds is 5. The highest BCUT2D eigenvalue weighted by Gasteiger charge is 2.31. The maximum atomic E-state index is 13.5. The molecule has 2 atom stereocenters. The van der Waals surface area contributed by atoms with Crippen LogP contribution >= 0.6 is 22.9 Å². The van der Waals surface area contributed by atoms with Crippen molar-refractivity contribution >= 4 is 44.6 Å². The molecular weight excluding hydrogens is 480 g/mol. The van der Waals surface area contributed by atoms with Crippen molar-refractivity contribution in [1.29, 1.82) is 0 Å². The van der Waals surface area contributed by atoms with Gasteiger partial charge in [-0.3, -0.25) is 9.10 Å². The van der Waals surface area contributed by atoms with E-state index in [-0.39, 0.29) is 27.7 Å². The van der Waals surface area contributed by atoms with Crippen LogP contribution in [-0.2, 0) is 16.4 Å². The lowest BCUT2D eigenvalue weighted by Gasteiger charge is -2.30. The second-order valence-electron chi connectivity index (χ2n) is 8.07. The third kappa shape index (κ3) is 4.39. The van der Waals surface area contributed by atoms with Crippen LogP contribution in [0.4, 0.5) is 5.69 Å². The van der Waals surface area contributed by atoms with E-state index in [0.29, 0.717) is 18.7 Å². The lowest BCUT2D eigenvalue weighted by molar-refractivity contribution is 0.0932. The molecule has 7 nitrogen and oxygen atoms in total. The molecule has 2 unspecified atom stereocenters. The molecule has 0 radical (unpaired) electrons. The van der Waals surface area contributed by atoms with E-state index in [1.54, 1.807) is 11.3 Å². The average Bonchev–Trinajstić information content (AvgIpc) is 3.51. The van der Waals surface area contributed by atoms with Gasteiger partial charge in [-0.25, -0.2) is 19.3 Å². The zero-order valence-corrected chi connectivity index (χ0v) is 20.0. The molecule has 33 heavy (non-hydrogen) atoms. The molecule has 0 aliphatic carbocycles. The molecule has 1 fully saturated rings. The van der Waals surface area contributed by atoms with Crippen LogP contribution in [0, 0.1) is 0 Å². The van der Waals surface area contributed by atoms with Crippen LogP contribution in [0.25, 0.3) is 0 Å². The minimum Gasteiger partial charge on any atom is -0.335 e. The Morgan fingerprint density at radius 2 is 1.97 bits per heavy atom. The fraction of sp³-hybridized carbons (Fsp3) is 0.261. The van der Waals surface area contributed by atoms with Crippen LogP contribution < -0.4 is 20.5 Å².